The van der Waals surface area contributed by atoms with E-state index in [1.54, 1.807) is 31.4 Å². The zero-order valence-corrected chi connectivity index (χ0v) is 13.9. The fourth-order valence-corrected chi connectivity index (χ4v) is 3.20. The van der Waals surface area contributed by atoms with E-state index in [0.717, 1.165) is 14.5 Å². The molecule has 0 aliphatic rings. The molecule has 0 aliphatic heterocycles. The number of benzene rings is 2. The maximum Gasteiger partial charge on any atom is 0.185 e. The predicted molar refractivity (Wildman–Crippen MR) is 88.2 cm³/mol. The number of carbonyl (C=O) groups excluding carboxylic acids is 1. The largest absolute Gasteiger partial charge is 0.495 e. The van der Waals surface area contributed by atoms with Crippen molar-refractivity contribution in [3.63, 3.8) is 0 Å². The summed E-state index contributed by atoms with van der Waals surface area (Å²) in [6.07, 6.45) is 3.30. The summed E-state index contributed by atoms with van der Waals surface area (Å²) in [4.78, 5) is 12.0. The standard InChI is InChI=1S/C16H12Br2O2/c1-20-16-12(9-13(17)10-14(16)18)7-8-15(19)11-5-3-2-4-6-11/h2-10H,1H3/b8-7-. The molecule has 0 heterocycles. The van der Waals surface area contributed by atoms with Gasteiger partial charge in [0.05, 0.1) is 11.6 Å². The summed E-state index contributed by atoms with van der Waals surface area (Å²) in [5, 5.41) is 0. The monoisotopic (exact) mass is 394 g/mol. The van der Waals surface area contributed by atoms with Crippen LogP contribution in [0, 0.1) is 0 Å². The lowest BCUT2D eigenvalue weighted by atomic mass is 10.1. The van der Waals surface area contributed by atoms with Gasteiger partial charge in [0.15, 0.2) is 5.78 Å². The Morgan fingerprint density at radius 3 is 2.50 bits per heavy atom. The van der Waals surface area contributed by atoms with Crippen LogP contribution in [-0.4, -0.2) is 12.9 Å². The summed E-state index contributed by atoms with van der Waals surface area (Å²) in [6, 6.07) is 13.0. The normalized spacial score (nSPS) is 10.8. The highest BCUT2D eigenvalue weighted by Gasteiger charge is 2.07. The molecule has 2 aromatic rings. The van der Waals surface area contributed by atoms with Gasteiger partial charge in [-0.15, -0.1) is 0 Å². The average molecular weight is 396 g/mol. The van der Waals surface area contributed by atoms with Gasteiger partial charge >= 0.3 is 0 Å². The Balaban J connectivity index is 2.30. The van der Waals surface area contributed by atoms with Gasteiger partial charge < -0.3 is 4.74 Å². The SMILES string of the molecule is COc1c(Br)cc(Br)cc1/C=C\C(=O)c1ccccc1. The van der Waals surface area contributed by atoms with Gasteiger partial charge in [0.25, 0.3) is 0 Å². The summed E-state index contributed by atoms with van der Waals surface area (Å²) in [5.41, 5.74) is 1.50. The quantitative estimate of drug-likeness (QED) is 0.530. The Labute approximate surface area is 134 Å². The van der Waals surface area contributed by atoms with Crippen LogP contribution in [0.1, 0.15) is 15.9 Å². The molecular weight excluding hydrogens is 384 g/mol. The molecule has 20 heavy (non-hydrogen) atoms. The van der Waals surface area contributed by atoms with Crippen LogP contribution in [0.25, 0.3) is 6.08 Å². The third-order valence-corrected chi connectivity index (χ3v) is 3.76. The summed E-state index contributed by atoms with van der Waals surface area (Å²) in [5.74, 6) is 0.661. The van der Waals surface area contributed by atoms with Gasteiger partial charge in [0.1, 0.15) is 5.75 Å². The van der Waals surface area contributed by atoms with Crippen LogP contribution in [0.2, 0.25) is 0 Å². The second kappa shape index (κ2) is 6.86. The fraction of sp³-hybridized carbons (Fsp3) is 0.0625. The van der Waals surface area contributed by atoms with Crippen molar-refractivity contribution in [2.24, 2.45) is 0 Å². The fourth-order valence-electron chi connectivity index (χ4n) is 1.78. The first-order chi connectivity index (χ1) is 9.61. The van der Waals surface area contributed by atoms with Crippen LogP contribution in [0.4, 0.5) is 0 Å². The molecule has 0 fully saturated rings. The van der Waals surface area contributed by atoms with Crippen molar-refractivity contribution in [2.45, 2.75) is 0 Å². The first kappa shape index (κ1) is 15.0. The van der Waals surface area contributed by atoms with Crippen molar-refractivity contribution in [3.05, 3.63) is 68.6 Å². The number of allylic oxidation sites excluding steroid dienone is 1. The molecule has 2 aromatic carbocycles. The Hall–Kier alpha value is -1.39. The van der Waals surface area contributed by atoms with Crippen molar-refractivity contribution in [1.29, 1.82) is 0 Å². The molecule has 0 saturated carbocycles. The van der Waals surface area contributed by atoms with Gasteiger partial charge in [0.2, 0.25) is 0 Å². The molecule has 0 saturated heterocycles. The number of halogens is 2. The molecule has 0 aliphatic carbocycles. The van der Waals surface area contributed by atoms with E-state index >= 15 is 0 Å². The summed E-state index contributed by atoms with van der Waals surface area (Å²) < 4.78 is 7.09. The van der Waals surface area contributed by atoms with E-state index in [4.69, 9.17) is 4.74 Å². The molecule has 0 atom stereocenters. The Morgan fingerprint density at radius 1 is 1.15 bits per heavy atom. The predicted octanol–water partition coefficient (Wildman–Crippen LogP) is 5.12. The molecule has 2 rings (SSSR count). The summed E-state index contributed by atoms with van der Waals surface area (Å²) >= 11 is 6.86. The maximum atomic E-state index is 12.0. The highest BCUT2D eigenvalue weighted by atomic mass is 79.9. The molecule has 0 N–H and O–H groups in total. The van der Waals surface area contributed by atoms with E-state index in [9.17, 15) is 4.79 Å². The third-order valence-electron chi connectivity index (χ3n) is 2.71. The zero-order chi connectivity index (χ0) is 14.5. The number of hydrogen-bond donors (Lipinski definition) is 0. The topological polar surface area (TPSA) is 26.3 Å². The average Bonchev–Trinajstić information content (AvgIpc) is 2.45. The van der Waals surface area contributed by atoms with E-state index in [2.05, 4.69) is 31.9 Å². The maximum absolute atomic E-state index is 12.0. The van der Waals surface area contributed by atoms with Crippen molar-refractivity contribution in [2.75, 3.05) is 7.11 Å². The zero-order valence-electron chi connectivity index (χ0n) is 10.8. The molecule has 0 bridgehead atoms. The Kier molecular flexibility index (Phi) is 5.15. The first-order valence-corrected chi connectivity index (χ1v) is 7.51. The van der Waals surface area contributed by atoms with E-state index < -0.39 is 0 Å². The number of hydrogen-bond acceptors (Lipinski definition) is 2. The van der Waals surface area contributed by atoms with Crippen molar-refractivity contribution in [1.82, 2.24) is 0 Å². The number of methoxy groups -OCH3 is 1. The van der Waals surface area contributed by atoms with Crippen LogP contribution in [0.15, 0.2) is 57.5 Å². The lowest BCUT2D eigenvalue weighted by molar-refractivity contribution is 0.104. The minimum atomic E-state index is -0.0382. The molecule has 0 aromatic heterocycles. The van der Waals surface area contributed by atoms with Crippen LogP contribution in [0.5, 0.6) is 5.75 Å². The van der Waals surface area contributed by atoms with E-state index in [-0.39, 0.29) is 5.78 Å². The van der Waals surface area contributed by atoms with Crippen molar-refractivity contribution in [3.8, 4) is 5.75 Å². The molecule has 2 nitrogen and oxygen atoms in total. The van der Waals surface area contributed by atoms with Crippen molar-refractivity contribution >= 4 is 43.7 Å². The number of ether oxygens (including phenoxy) is 1. The van der Waals surface area contributed by atoms with Crippen LogP contribution >= 0.6 is 31.9 Å². The number of rotatable bonds is 4. The third kappa shape index (κ3) is 3.58. The molecule has 102 valence electrons. The number of carbonyl (C=O) groups is 1. The van der Waals surface area contributed by atoms with Crippen LogP contribution < -0.4 is 4.74 Å². The Morgan fingerprint density at radius 2 is 1.85 bits per heavy atom. The molecule has 0 spiro atoms. The second-order valence-electron chi connectivity index (χ2n) is 4.07. The molecule has 0 amide bonds. The van der Waals surface area contributed by atoms with E-state index in [1.165, 1.54) is 0 Å². The molecule has 0 unspecified atom stereocenters. The highest BCUT2D eigenvalue weighted by Crippen LogP contribution is 2.33. The van der Waals surface area contributed by atoms with Gasteiger partial charge in [-0.1, -0.05) is 46.3 Å². The summed E-state index contributed by atoms with van der Waals surface area (Å²) in [7, 11) is 1.60. The minimum absolute atomic E-state index is 0.0382. The van der Waals surface area contributed by atoms with Gasteiger partial charge in [-0.2, -0.15) is 0 Å². The van der Waals surface area contributed by atoms with Crippen LogP contribution in [0.3, 0.4) is 0 Å². The van der Waals surface area contributed by atoms with E-state index in [0.29, 0.717) is 11.3 Å². The van der Waals surface area contributed by atoms with Crippen molar-refractivity contribution < 1.29 is 9.53 Å². The smallest absolute Gasteiger partial charge is 0.185 e. The lowest BCUT2D eigenvalue weighted by Gasteiger charge is -2.08. The van der Waals surface area contributed by atoms with Gasteiger partial charge in [-0.3, -0.25) is 4.79 Å². The highest BCUT2D eigenvalue weighted by molar-refractivity contribution is 9.11. The molecule has 0 radical (unpaired) electrons. The lowest BCUT2D eigenvalue weighted by Crippen LogP contribution is -1.94. The van der Waals surface area contributed by atoms with Gasteiger partial charge in [-0.05, 0) is 40.2 Å². The first-order valence-electron chi connectivity index (χ1n) is 5.92. The summed E-state index contributed by atoms with van der Waals surface area (Å²) in [6.45, 7) is 0. The number of ketones is 1. The van der Waals surface area contributed by atoms with Gasteiger partial charge in [0, 0.05) is 15.6 Å². The minimum Gasteiger partial charge on any atom is -0.495 e. The Bertz CT molecular complexity index is 649. The second-order valence-corrected chi connectivity index (χ2v) is 5.84. The van der Waals surface area contributed by atoms with E-state index in [1.807, 2.05) is 30.3 Å². The van der Waals surface area contributed by atoms with Crippen LogP contribution in [-0.2, 0) is 0 Å². The molecular formula is C16H12Br2O2. The molecule has 4 heteroatoms. The van der Waals surface area contributed by atoms with Gasteiger partial charge in [-0.25, -0.2) is 0 Å².